The summed E-state index contributed by atoms with van der Waals surface area (Å²) in [5.41, 5.74) is 0.115. The van der Waals surface area contributed by atoms with Crippen LogP contribution in [-0.2, 0) is 4.79 Å². The predicted molar refractivity (Wildman–Crippen MR) is 71.3 cm³/mol. The molecule has 1 saturated heterocycles. The van der Waals surface area contributed by atoms with E-state index in [9.17, 15) is 4.79 Å². The minimum Gasteiger partial charge on any atom is -0.307 e. The van der Waals surface area contributed by atoms with E-state index >= 15 is 0 Å². The standard InChI is InChI=1S/C16H25NO/c18-15(14-3-1-2-4-17-14)16-8-11-5-12(9-16)7-13(6-11)10-16/h11-14,17H,1-10H2. The molecule has 0 aromatic heterocycles. The van der Waals surface area contributed by atoms with Crippen LogP contribution in [0.25, 0.3) is 0 Å². The highest BCUT2D eigenvalue weighted by Gasteiger charge is 2.55. The van der Waals surface area contributed by atoms with Crippen LogP contribution in [0.1, 0.15) is 57.8 Å². The zero-order valence-electron chi connectivity index (χ0n) is 11.3. The number of nitrogens with one attached hydrogen (secondary N) is 1. The summed E-state index contributed by atoms with van der Waals surface area (Å²) in [4.78, 5) is 13.0. The summed E-state index contributed by atoms with van der Waals surface area (Å²) in [5, 5.41) is 3.49. The fourth-order valence-electron chi connectivity index (χ4n) is 5.86. The van der Waals surface area contributed by atoms with Gasteiger partial charge >= 0.3 is 0 Å². The monoisotopic (exact) mass is 247 g/mol. The van der Waals surface area contributed by atoms with Crippen LogP contribution in [0.4, 0.5) is 0 Å². The van der Waals surface area contributed by atoms with Crippen LogP contribution < -0.4 is 5.32 Å². The summed E-state index contributed by atoms with van der Waals surface area (Å²) in [7, 11) is 0. The van der Waals surface area contributed by atoms with Crippen molar-refractivity contribution in [2.24, 2.45) is 23.2 Å². The smallest absolute Gasteiger partial charge is 0.155 e. The second-order valence-electron chi connectivity index (χ2n) is 7.56. The Balaban J connectivity index is 1.57. The van der Waals surface area contributed by atoms with Gasteiger partial charge < -0.3 is 5.32 Å². The van der Waals surface area contributed by atoms with E-state index in [1.54, 1.807) is 0 Å². The minimum absolute atomic E-state index is 0.115. The highest BCUT2D eigenvalue weighted by Crippen LogP contribution is 2.60. The van der Waals surface area contributed by atoms with Gasteiger partial charge in [0.1, 0.15) is 0 Å². The van der Waals surface area contributed by atoms with Crippen molar-refractivity contribution in [2.45, 2.75) is 63.8 Å². The first kappa shape index (κ1) is 11.5. The second-order valence-corrected chi connectivity index (χ2v) is 7.56. The topological polar surface area (TPSA) is 29.1 Å². The molecule has 5 rings (SSSR count). The molecule has 5 aliphatic rings. The van der Waals surface area contributed by atoms with Crippen molar-refractivity contribution < 1.29 is 4.79 Å². The number of Topliss-reactive ketones (excluding diaryl/α,β-unsaturated/α-hetero) is 1. The van der Waals surface area contributed by atoms with E-state index in [0.717, 1.165) is 30.7 Å². The van der Waals surface area contributed by atoms with E-state index in [4.69, 9.17) is 0 Å². The van der Waals surface area contributed by atoms with E-state index in [0.29, 0.717) is 5.78 Å². The number of carbonyl (C=O) groups is 1. The van der Waals surface area contributed by atoms with Crippen molar-refractivity contribution in [1.82, 2.24) is 5.32 Å². The molecule has 4 saturated carbocycles. The molecule has 100 valence electrons. The lowest BCUT2D eigenvalue weighted by atomic mass is 9.48. The van der Waals surface area contributed by atoms with E-state index in [-0.39, 0.29) is 11.5 Å². The van der Waals surface area contributed by atoms with Gasteiger partial charge in [0.2, 0.25) is 0 Å². The summed E-state index contributed by atoms with van der Waals surface area (Å²) in [5.74, 6) is 3.29. The van der Waals surface area contributed by atoms with Gasteiger partial charge in [-0.25, -0.2) is 0 Å². The molecule has 4 bridgehead atoms. The number of ketones is 1. The Kier molecular flexibility index (Phi) is 2.58. The third-order valence-corrected chi connectivity index (χ3v) is 6.19. The van der Waals surface area contributed by atoms with Crippen LogP contribution >= 0.6 is 0 Å². The van der Waals surface area contributed by atoms with Gasteiger partial charge in [0.05, 0.1) is 6.04 Å². The van der Waals surface area contributed by atoms with Gasteiger partial charge in [-0.2, -0.15) is 0 Å². The van der Waals surface area contributed by atoms with Gasteiger partial charge in [-0.05, 0) is 75.7 Å². The summed E-state index contributed by atoms with van der Waals surface area (Å²) in [6.07, 6.45) is 11.6. The van der Waals surface area contributed by atoms with E-state index < -0.39 is 0 Å². The van der Waals surface area contributed by atoms with Crippen molar-refractivity contribution in [3.63, 3.8) is 0 Å². The molecule has 1 aliphatic heterocycles. The highest BCUT2D eigenvalue weighted by molar-refractivity contribution is 5.90. The van der Waals surface area contributed by atoms with Crippen molar-refractivity contribution in [1.29, 1.82) is 0 Å². The van der Waals surface area contributed by atoms with Crippen LogP contribution in [0, 0.1) is 23.2 Å². The van der Waals surface area contributed by atoms with Crippen molar-refractivity contribution >= 4 is 5.78 Å². The molecule has 1 unspecified atom stereocenters. The molecule has 0 aromatic rings. The van der Waals surface area contributed by atoms with Crippen LogP contribution in [0.15, 0.2) is 0 Å². The SMILES string of the molecule is O=C(C1CCCCN1)C12CC3CC(CC(C3)C1)C2. The maximum atomic E-state index is 13.0. The Morgan fingerprint density at radius 2 is 1.56 bits per heavy atom. The predicted octanol–water partition coefficient (Wildman–Crippen LogP) is 2.91. The quantitative estimate of drug-likeness (QED) is 0.813. The Labute approximate surface area is 110 Å². The van der Waals surface area contributed by atoms with Crippen LogP contribution in [-0.4, -0.2) is 18.4 Å². The zero-order chi connectivity index (χ0) is 12.2. The fourth-order valence-corrected chi connectivity index (χ4v) is 5.86. The molecule has 4 aliphatic carbocycles. The molecule has 0 aromatic carbocycles. The van der Waals surface area contributed by atoms with Gasteiger partial charge in [-0.3, -0.25) is 4.79 Å². The molecular weight excluding hydrogens is 222 g/mol. The van der Waals surface area contributed by atoms with Gasteiger partial charge in [-0.1, -0.05) is 6.42 Å². The van der Waals surface area contributed by atoms with Gasteiger partial charge in [0.15, 0.2) is 5.78 Å². The van der Waals surface area contributed by atoms with E-state index in [1.807, 2.05) is 0 Å². The first-order valence-corrected chi connectivity index (χ1v) is 8.03. The maximum absolute atomic E-state index is 13.0. The third-order valence-electron chi connectivity index (χ3n) is 6.19. The van der Waals surface area contributed by atoms with Crippen molar-refractivity contribution in [2.75, 3.05) is 6.54 Å². The minimum atomic E-state index is 0.115. The summed E-state index contributed by atoms with van der Waals surface area (Å²) >= 11 is 0. The normalized spacial score (nSPS) is 50.4. The van der Waals surface area contributed by atoms with Crippen LogP contribution in [0.2, 0.25) is 0 Å². The average Bonchev–Trinajstić information content (AvgIpc) is 2.37. The average molecular weight is 247 g/mol. The fraction of sp³-hybridized carbons (Fsp3) is 0.938. The Morgan fingerprint density at radius 1 is 0.944 bits per heavy atom. The third kappa shape index (κ3) is 1.68. The first-order valence-electron chi connectivity index (χ1n) is 8.03. The van der Waals surface area contributed by atoms with Gasteiger partial charge in [0, 0.05) is 5.41 Å². The summed E-state index contributed by atoms with van der Waals surface area (Å²) < 4.78 is 0. The lowest BCUT2D eigenvalue weighted by Crippen LogP contribution is -2.56. The van der Waals surface area contributed by atoms with Gasteiger partial charge in [0.25, 0.3) is 0 Å². The molecule has 0 amide bonds. The van der Waals surface area contributed by atoms with Crippen molar-refractivity contribution in [3.05, 3.63) is 0 Å². The molecule has 1 N–H and O–H groups in total. The molecular formula is C16H25NO. The van der Waals surface area contributed by atoms with Crippen LogP contribution in [0.3, 0.4) is 0 Å². The molecule has 0 radical (unpaired) electrons. The molecule has 0 spiro atoms. The Bertz CT molecular complexity index is 321. The summed E-state index contributed by atoms with van der Waals surface area (Å²) in [6.45, 7) is 1.06. The van der Waals surface area contributed by atoms with Gasteiger partial charge in [-0.15, -0.1) is 0 Å². The number of hydrogen-bond donors (Lipinski definition) is 1. The summed E-state index contributed by atoms with van der Waals surface area (Å²) in [6, 6.07) is 0.204. The number of piperidine rings is 1. The van der Waals surface area contributed by atoms with E-state index in [1.165, 1.54) is 51.4 Å². The Hall–Kier alpha value is -0.370. The molecule has 2 nitrogen and oxygen atoms in total. The van der Waals surface area contributed by atoms with Crippen LogP contribution in [0.5, 0.6) is 0 Å². The zero-order valence-corrected chi connectivity index (χ0v) is 11.3. The van der Waals surface area contributed by atoms with E-state index in [2.05, 4.69) is 5.32 Å². The molecule has 1 atom stereocenters. The Morgan fingerprint density at radius 3 is 2.06 bits per heavy atom. The van der Waals surface area contributed by atoms with Crippen molar-refractivity contribution in [3.8, 4) is 0 Å². The number of carbonyl (C=O) groups excluding carboxylic acids is 1. The molecule has 1 heterocycles. The number of hydrogen-bond acceptors (Lipinski definition) is 2. The number of rotatable bonds is 2. The molecule has 18 heavy (non-hydrogen) atoms. The molecule has 2 heteroatoms. The lowest BCUT2D eigenvalue weighted by Gasteiger charge is -2.56. The second kappa shape index (κ2) is 4.06. The molecule has 5 fully saturated rings. The largest absolute Gasteiger partial charge is 0.307 e. The maximum Gasteiger partial charge on any atom is 0.155 e. The lowest BCUT2D eigenvalue weighted by molar-refractivity contribution is -0.146. The first-order chi connectivity index (χ1) is 8.75. The highest BCUT2D eigenvalue weighted by atomic mass is 16.1.